The Morgan fingerprint density at radius 2 is 1.94 bits per heavy atom. The summed E-state index contributed by atoms with van der Waals surface area (Å²) < 4.78 is 7.75. The van der Waals surface area contributed by atoms with Crippen LogP contribution in [0.25, 0.3) is 11.0 Å². The monoisotopic (exact) mass is 455 g/mol. The number of hydrogen-bond donors (Lipinski definition) is 2. The SMILES string of the molecule is COc1cc2c(cc1Nc1ncc3cnn(C4CCCCC4)c3n1)CN(C)CC2.CSN. The van der Waals surface area contributed by atoms with Crippen LogP contribution in [0.5, 0.6) is 5.75 Å². The summed E-state index contributed by atoms with van der Waals surface area (Å²) in [5, 5.41) is 13.8. The fraction of sp³-hybridized carbons (Fsp3) is 0.522. The average Bonchev–Trinajstić information content (AvgIpc) is 3.23. The standard InChI is InChI=1S/C22H28N6O.CH5NS/c1-27-9-8-15-11-20(29-2)19(10-16(15)14-27)25-22-23-12-17-13-24-28(21(17)26-22)18-6-4-3-5-7-18;1-3-2/h10-13,18H,3-9,14H2,1-2H3,(H,23,25,26);2H2,1H3. The summed E-state index contributed by atoms with van der Waals surface area (Å²) in [5.41, 5.74) is 4.50. The van der Waals surface area contributed by atoms with Gasteiger partial charge in [0.05, 0.1) is 30.4 Å². The number of aromatic nitrogens is 4. The van der Waals surface area contributed by atoms with Gasteiger partial charge >= 0.3 is 0 Å². The van der Waals surface area contributed by atoms with E-state index in [1.54, 1.807) is 7.11 Å². The van der Waals surface area contributed by atoms with Crippen molar-refractivity contribution in [1.29, 1.82) is 0 Å². The van der Waals surface area contributed by atoms with Gasteiger partial charge in [-0.15, -0.1) is 0 Å². The minimum Gasteiger partial charge on any atom is -0.495 e. The zero-order chi connectivity index (χ0) is 22.5. The van der Waals surface area contributed by atoms with Gasteiger partial charge in [0.1, 0.15) is 5.75 Å². The van der Waals surface area contributed by atoms with Crippen LogP contribution in [0.15, 0.2) is 24.5 Å². The quantitative estimate of drug-likeness (QED) is 0.563. The average molecular weight is 456 g/mol. The van der Waals surface area contributed by atoms with Gasteiger partial charge in [0, 0.05) is 19.3 Å². The number of nitrogens with two attached hydrogens (primary N) is 1. The topological polar surface area (TPSA) is 94.1 Å². The molecule has 3 N–H and O–H groups in total. The van der Waals surface area contributed by atoms with Crippen LogP contribution in [0.2, 0.25) is 0 Å². The van der Waals surface area contributed by atoms with Crippen LogP contribution in [0.3, 0.4) is 0 Å². The van der Waals surface area contributed by atoms with Crippen molar-refractivity contribution in [2.45, 2.75) is 51.1 Å². The highest BCUT2D eigenvalue weighted by Gasteiger charge is 2.20. The molecule has 8 nitrogen and oxygen atoms in total. The molecule has 9 heteroatoms. The lowest BCUT2D eigenvalue weighted by molar-refractivity contribution is 0.312. The van der Waals surface area contributed by atoms with Crippen LogP contribution < -0.4 is 15.2 Å². The predicted molar refractivity (Wildman–Crippen MR) is 131 cm³/mol. The maximum absolute atomic E-state index is 5.65. The number of likely N-dealkylation sites (N-methyl/N-ethyl adjacent to an activating group) is 1. The molecule has 3 aromatic rings. The van der Waals surface area contributed by atoms with Crippen molar-refractivity contribution in [3.63, 3.8) is 0 Å². The molecular weight excluding hydrogens is 422 g/mol. The first-order valence-corrected chi connectivity index (χ1v) is 12.5. The fourth-order valence-corrected chi connectivity index (χ4v) is 4.60. The Hall–Kier alpha value is -2.36. The van der Waals surface area contributed by atoms with Gasteiger partial charge in [-0.3, -0.25) is 5.14 Å². The fourth-order valence-electron chi connectivity index (χ4n) is 4.60. The summed E-state index contributed by atoms with van der Waals surface area (Å²) in [6.07, 6.45) is 12.8. The highest BCUT2D eigenvalue weighted by molar-refractivity contribution is 7.96. The molecule has 0 unspecified atom stereocenters. The van der Waals surface area contributed by atoms with Gasteiger partial charge in [-0.05, 0) is 55.8 Å². The molecule has 3 heterocycles. The van der Waals surface area contributed by atoms with E-state index in [0.29, 0.717) is 12.0 Å². The summed E-state index contributed by atoms with van der Waals surface area (Å²) in [4.78, 5) is 11.7. The molecule has 1 saturated carbocycles. The van der Waals surface area contributed by atoms with Gasteiger partial charge in [0.2, 0.25) is 5.95 Å². The van der Waals surface area contributed by atoms with E-state index in [-0.39, 0.29) is 0 Å². The molecule has 0 bridgehead atoms. The Morgan fingerprint density at radius 3 is 2.69 bits per heavy atom. The van der Waals surface area contributed by atoms with Crippen molar-refractivity contribution in [2.75, 3.05) is 32.3 Å². The van der Waals surface area contributed by atoms with Crippen LogP contribution in [0.4, 0.5) is 11.6 Å². The van der Waals surface area contributed by atoms with Gasteiger partial charge < -0.3 is 15.0 Å². The van der Waals surface area contributed by atoms with Gasteiger partial charge in [0.15, 0.2) is 5.65 Å². The first-order valence-electron chi connectivity index (χ1n) is 11.2. The zero-order valence-electron chi connectivity index (χ0n) is 19.2. The number of nitrogens with one attached hydrogen (secondary N) is 1. The number of anilines is 2. The number of nitrogens with zero attached hydrogens (tertiary/aromatic N) is 5. The molecule has 1 fully saturated rings. The Labute approximate surface area is 194 Å². The van der Waals surface area contributed by atoms with Crippen LogP contribution in [0, 0.1) is 0 Å². The normalized spacial score (nSPS) is 16.9. The maximum atomic E-state index is 5.65. The molecule has 2 aromatic heterocycles. The Morgan fingerprint density at radius 1 is 1.16 bits per heavy atom. The minimum absolute atomic E-state index is 0.442. The van der Waals surface area contributed by atoms with Gasteiger partial charge in [0.25, 0.3) is 0 Å². The van der Waals surface area contributed by atoms with Crippen LogP contribution >= 0.6 is 11.9 Å². The molecule has 0 saturated heterocycles. The Bertz CT molecular complexity index is 1050. The van der Waals surface area contributed by atoms with Crippen molar-refractivity contribution in [2.24, 2.45) is 5.14 Å². The molecule has 1 aliphatic heterocycles. The number of ether oxygens (including phenoxy) is 1. The molecule has 1 aromatic carbocycles. The number of benzene rings is 1. The molecule has 5 rings (SSSR count). The zero-order valence-corrected chi connectivity index (χ0v) is 20.0. The number of hydrogen-bond acceptors (Lipinski definition) is 8. The van der Waals surface area contributed by atoms with E-state index < -0.39 is 0 Å². The third kappa shape index (κ3) is 5.00. The molecule has 0 atom stereocenters. The molecule has 32 heavy (non-hydrogen) atoms. The lowest BCUT2D eigenvalue weighted by Gasteiger charge is -2.26. The van der Waals surface area contributed by atoms with Gasteiger partial charge in [-0.1, -0.05) is 31.2 Å². The largest absolute Gasteiger partial charge is 0.495 e. The van der Waals surface area contributed by atoms with Gasteiger partial charge in [-0.2, -0.15) is 10.1 Å². The predicted octanol–water partition coefficient (Wildman–Crippen LogP) is 4.29. The number of rotatable bonds is 4. The van der Waals surface area contributed by atoms with Gasteiger partial charge in [-0.25, -0.2) is 9.67 Å². The van der Waals surface area contributed by atoms with E-state index in [0.717, 1.165) is 42.0 Å². The summed E-state index contributed by atoms with van der Waals surface area (Å²) in [6, 6.07) is 4.77. The van der Waals surface area contributed by atoms with E-state index in [4.69, 9.17) is 14.9 Å². The molecule has 2 aliphatic rings. The molecule has 0 radical (unpaired) electrons. The van der Waals surface area contributed by atoms with Crippen molar-refractivity contribution >= 4 is 34.6 Å². The molecule has 0 amide bonds. The second-order valence-electron chi connectivity index (χ2n) is 8.52. The maximum Gasteiger partial charge on any atom is 0.229 e. The summed E-state index contributed by atoms with van der Waals surface area (Å²) in [7, 11) is 3.87. The molecular formula is C23H33N7OS. The van der Waals surface area contributed by atoms with E-state index in [1.807, 2.05) is 18.6 Å². The first-order chi connectivity index (χ1) is 15.6. The third-order valence-corrected chi connectivity index (χ3v) is 6.23. The second-order valence-corrected chi connectivity index (χ2v) is 8.99. The molecule has 0 spiro atoms. The summed E-state index contributed by atoms with van der Waals surface area (Å²) in [5.74, 6) is 1.41. The van der Waals surface area contributed by atoms with E-state index in [1.165, 1.54) is 55.2 Å². The Balaban J connectivity index is 0.000000775. The third-order valence-electron chi connectivity index (χ3n) is 6.23. The smallest absolute Gasteiger partial charge is 0.229 e. The summed E-state index contributed by atoms with van der Waals surface area (Å²) in [6.45, 7) is 2.02. The number of fused-ring (bicyclic) bond motifs is 2. The Kier molecular flexibility index (Phi) is 7.49. The van der Waals surface area contributed by atoms with E-state index in [2.05, 4.69) is 44.2 Å². The molecule has 172 valence electrons. The lowest BCUT2D eigenvalue weighted by Crippen LogP contribution is -2.26. The van der Waals surface area contributed by atoms with Crippen LogP contribution in [-0.2, 0) is 13.0 Å². The second kappa shape index (κ2) is 10.5. The van der Waals surface area contributed by atoms with Crippen LogP contribution in [-0.4, -0.2) is 51.6 Å². The van der Waals surface area contributed by atoms with Crippen molar-refractivity contribution in [1.82, 2.24) is 24.6 Å². The van der Waals surface area contributed by atoms with Crippen LogP contribution in [0.1, 0.15) is 49.3 Å². The molecule has 1 aliphatic carbocycles. The first kappa shape index (κ1) is 22.8. The van der Waals surface area contributed by atoms with E-state index in [9.17, 15) is 0 Å². The van der Waals surface area contributed by atoms with Crippen molar-refractivity contribution in [3.05, 3.63) is 35.7 Å². The highest BCUT2D eigenvalue weighted by Crippen LogP contribution is 2.34. The lowest BCUT2D eigenvalue weighted by atomic mass is 9.96. The highest BCUT2D eigenvalue weighted by atomic mass is 32.2. The van der Waals surface area contributed by atoms with Crippen molar-refractivity contribution < 1.29 is 4.74 Å². The number of methoxy groups -OCH3 is 1. The summed E-state index contributed by atoms with van der Waals surface area (Å²) >= 11 is 1.25. The van der Waals surface area contributed by atoms with Crippen molar-refractivity contribution in [3.8, 4) is 5.75 Å². The minimum atomic E-state index is 0.442. The van der Waals surface area contributed by atoms with E-state index >= 15 is 0 Å².